The van der Waals surface area contributed by atoms with Gasteiger partial charge in [-0.2, -0.15) is 5.10 Å². The summed E-state index contributed by atoms with van der Waals surface area (Å²) >= 11 is 6.22. The van der Waals surface area contributed by atoms with Gasteiger partial charge in [-0.3, -0.25) is 5.43 Å². The molecule has 0 aliphatic carbocycles. The average Bonchev–Trinajstić information content (AvgIpc) is 2.50. The van der Waals surface area contributed by atoms with E-state index in [0.29, 0.717) is 15.7 Å². The molecular formula is C14H10Br2N2O4. The Bertz CT molecular complexity index is 763. The van der Waals surface area contributed by atoms with Gasteiger partial charge in [-0.25, -0.2) is 4.79 Å². The van der Waals surface area contributed by atoms with Crippen LogP contribution in [0.3, 0.4) is 0 Å². The van der Waals surface area contributed by atoms with E-state index in [1.54, 1.807) is 12.1 Å². The molecule has 0 spiro atoms. The van der Waals surface area contributed by atoms with Crippen molar-refractivity contribution in [2.45, 2.75) is 0 Å². The van der Waals surface area contributed by atoms with E-state index in [0.717, 1.165) is 0 Å². The highest BCUT2D eigenvalue weighted by Gasteiger charge is 2.12. The van der Waals surface area contributed by atoms with Gasteiger partial charge in [0.25, 0.3) is 0 Å². The monoisotopic (exact) mass is 428 g/mol. The van der Waals surface area contributed by atoms with Gasteiger partial charge >= 0.3 is 5.97 Å². The van der Waals surface area contributed by atoms with Crippen LogP contribution in [0.4, 0.5) is 5.69 Å². The van der Waals surface area contributed by atoms with E-state index < -0.39 is 5.97 Å². The summed E-state index contributed by atoms with van der Waals surface area (Å²) in [5.74, 6) is -1.31. The van der Waals surface area contributed by atoms with Crippen molar-refractivity contribution >= 4 is 49.7 Å². The number of halogens is 2. The largest absolute Gasteiger partial charge is 0.506 e. The number of carboxylic acid groups (broad SMARTS) is 1. The van der Waals surface area contributed by atoms with Crippen molar-refractivity contribution in [2.75, 3.05) is 5.43 Å². The number of phenolic OH excluding ortho intramolecular Hbond substituents is 2. The lowest BCUT2D eigenvalue weighted by Crippen LogP contribution is -1.97. The predicted molar refractivity (Wildman–Crippen MR) is 89.8 cm³/mol. The molecule has 0 aromatic heterocycles. The standard InChI is InChI=1S/C14H10Br2N2O4/c15-10-5-8(12(19)11(16)13(10)20)6-17-18-9-3-1-2-7(4-9)14(21)22/h1-6,18-20H,(H,21,22)/b17-6+. The zero-order chi connectivity index (χ0) is 16.3. The molecule has 6 nitrogen and oxygen atoms in total. The van der Waals surface area contributed by atoms with Crippen LogP contribution in [0.2, 0.25) is 0 Å². The molecule has 2 aromatic rings. The summed E-state index contributed by atoms with van der Waals surface area (Å²) in [6.07, 6.45) is 1.34. The molecule has 22 heavy (non-hydrogen) atoms. The number of rotatable bonds is 4. The fourth-order valence-corrected chi connectivity index (χ4v) is 2.77. The van der Waals surface area contributed by atoms with Crippen molar-refractivity contribution in [3.63, 3.8) is 0 Å². The highest BCUT2D eigenvalue weighted by atomic mass is 79.9. The number of phenols is 2. The van der Waals surface area contributed by atoms with Crippen LogP contribution in [-0.4, -0.2) is 27.5 Å². The Hall–Kier alpha value is -2.06. The van der Waals surface area contributed by atoms with E-state index in [-0.39, 0.29) is 21.5 Å². The van der Waals surface area contributed by atoms with E-state index in [9.17, 15) is 15.0 Å². The molecule has 0 unspecified atom stereocenters. The lowest BCUT2D eigenvalue weighted by Gasteiger charge is -2.06. The minimum absolute atomic E-state index is 0.114. The average molecular weight is 430 g/mol. The molecule has 8 heteroatoms. The summed E-state index contributed by atoms with van der Waals surface area (Å²) in [6.45, 7) is 0. The van der Waals surface area contributed by atoms with Gasteiger partial charge in [0, 0.05) is 5.56 Å². The normalized spacial score (nSPS) is 10.8. The Morgan fingerprint density at radius 3 is 2.59 bits per heavy atom. The molecule has 0 fully saturated rings. The number of nitrogens with one attached hydrogen (secondary N) is 1. The summed E-state index contributed by atoms with van der Waals surface area (Å²) in [7, 11) is 0. The minimum Gasteiger partial charge on any atom is -0.506 e. The molecule has 0 radical (unpaired) electrons. The summed E-state index contributed by atoms with van der Waals surface area (Å²) in [6, 6.07) is 7.65. The Morgan fingerprint density at radius 1 is 1.18 bits per heavy atom. The third-order valence-electron chi connectivity index (χ3n) is 2.70. The number of hydrogen-bond donors (Lipinski definition) is 4. The first-order valence-electron chi connectivity index (χ1n) is 5.92. The quantitative estimate of drug-likeness (QED) is 0.437. The van der Waals surface area contributed by atoms with Crippen LogP contribution in [0.25, 0.3) is 0 Å². The van der Waals surface area contributed by atoms with Crippen LogP contribution in [0.5, 0.6) is 11.5 Å². The molecule has 0 atom stereocenters. The summed E-state index contributed by atoms with van der Waals surface area (Å²) in [4.78, 5) is 10.9. The lowest BCUT2D eigenvalue weighted by atomic mass is 10.2. The van der Waals surface area contributed by atoms with Gasteiger partial charge in [-0.15, -0.1) is 0 Å². The van der Waals surface area contributed by atoms with Gasteiger partial charge in [0.05, 0.1) is 21.9 Å². The molecule has 0 saturated heterocycles. The maximum Gasteiger partial charge on any atom is 0.335 e. The first-order valence-corrected chi connectivity index (χ1v) is 7.51. The number of hydrazone groups is 1. The van der Waals surface area contributed by atoms with Crippen molar-refractivity contribution in [1.29, 1.82) is 0 Å². The number of anilines is 1. The van der Waals surface area contributed by atoms with E-state index >= 15 is 0 Å². The van der Waals surface area contributed by atoms with Gasteiger partial charge in [0.2, 0.25) is 0 Å². The zero-order valence-electron chi connectivity index (χ0n) is 10.9. The van der Waals surface area contributed by atoms with Crippen LogP contribution in [0, 0.1) is 0 Å². The van der Waals surface area contributed by atoms with Crippen LogP contribution in [0.15, 0.2) is 44.4 Å². The molecule has 0 amide bonds. The van der Waals surface area contributed by atoms with Crippen LogP contribution < -0.4 is 5.43 Å². The van der Waals surface area contributed by atoms with E-state index in [1.807, 2.05) is 0 Å². The molecular weight excluding hydrogens is 420 g/mol. The lowest BCUT2D eigenvalue weighted by molar-refractivity contribution is 0.0697. The first kappa shape index (κ1) is 16.3. The maximum atomic E-state index is 10.9. The smallest absolute Gasteiger partial charge is 0.335 e. The van der Waals surface area contributed by atoms with Crippen molar-refractivity contribution in [3.05, 3.63) is 50.4 Å². The molecule has 0 saturated carbocycles. The maximum absolute atomic E-state index is 10.9. The van der Waals surface area contributed by atoms with Crippen molar-refractivity contribution in [2.24, 2.45) is 5.10 Å². The van der Waals surface area contributed by atoms with Crippen molar-refractivity contribution in [1.82, 2.24) is 0 Å². The molecule has 2 aromatic carbocycles. The topological polar surface area (TPSA) is 102 Å². The molecule has 0 bridgehead atoms. The highest BCUT2D eigenvalue weighted by molar-refractivity contribution is 9.11. The molecule has 2 rings (SSSR count). The number of carbonyl (C=O) groups is 1. The van der Waals surface area contributed by atoms with Gasteiger partial charge in [0.1, 0.15) is 16.0 Å². The second-order valence-corrected chi connectivity index (χ2v) is 5.86. The van der Waals surface area contributed by atoms with Gasteiger partial charge in [-0.05, 0) is 56.1 Å². The summed E-state index contributed by atoms with van der Waals surface area (Å²) in [5, 5.41) is 32.4. The van der Waals surface area contributed by atoms with Gasteiger partial charge in [-0.1, -0.05) is 6.07 Å². The van der Waals surface area contributed by atoms with Crippen molar-refractivity contribution in [3.8, 4) is 11.5 Å². The second-order valence-electron chi connectivity index (χ2n) is 4.21. The third-order valence-corrected chi connectivity index (χ3v) is 4.06. The number of benzene rings is 2. The van der Waals surface area contributed by atoms with Gasteiger partial charge in [0.15, 0.2) is 0 Å². The fraction of sp³-hybridized carbons (Fsp3) is 0. The van der Waals surface area contributed by atoms with E-state index in [4.69, 9.17) is 5.11 Å². The molecule has 114 valence electrons. The number of carboxylic acids is 1. The zero-order valence-corrected chi connectivity index (χ0v) is 14.1. The third kappa shape index (κ3) is 3.58. The van der Waals surface area contributed by atoms with Crippen molar-refractivity contribution < 1.29 is 20.1 Å². The summed E-state index contributed by atoms with van der Waals surface area (Å²) in [5.41, 5.74) is 3.66. The number of aromatic carboxylic acids is 1. The summed E-state index contributed by atoms with van der Waals surface area (Å²) < 4.78 is 0.544. The number of hydrogen-bond acceptors (Lipinski definition) is 5. The number of aromatic hydroxyl groups is 2. The van der Waals surface area contributed by atoms with Gasteiger partial charge < -0.3 is 15.3 Å². The Morgan fingerprint density at radius 2 is 1.91 bits per heavy atom. The second kappa shape index (κ2) is 6.80. The van der Waals surface area contributed by atoms with Crippen LogP contribution in [-0.2, 0) is 0 Å². The fourth-order valence-electron chi connectivity index (χ4n) is 1.61. The van der Waals surface area contributed by atoms with E-state index in [2.05, 4.69) is 42.4 Å². The first-order chi connectivity index (χ1) is 10.4. The highest BCUT2D eigenvalue weighted by Crippen LogP contribution is 2.40. The van der Waals surface area contributed by atoms with Crippen LogP contribution >= 0.6 is 31.9 Å². The number of nitrogens with zero attached hydrogens (tertiary/aromatic N) is 1. The Labute approximate surface area is 142 Å². The predicted octanol–water partition coefficient (Wildman–Crippen LogP) is 3.77. The van der Waals surface area contributed by atoms with E-state index in [1.165, 1.54) is 24.4 Å². The minimum atomic E-state index is -1.03. The molecule has 0 aliphatic rings. The molecule has 0 aliphatic heterocycles. The van der Waals surface area contributed by atoms with Crippen LogP contribution in [0.1, 0.15) is 15.9 Å². The SMILES string of the molecule is O=C(O)c1cccc(N/N=C/c2cc(Br)c(O)c(Br)c2O)c1. The molecule has 4 N–H and O–H groups in total. The molecule has 0 heterocycles. The Kier molecular flexibility index (Phi) is 5.04. The Balaban J connectivity index is 2.20.